The van der Waals surface area contributed by atoms with Crippen molar-refractivity contribution in [2.45, 2.75) is 169 Å². The fraction of sp³-hybridized carbons (Fsp3) is 0.545. The summed E-state index contributed by atoms with van der Waals surface area (Å²) in [5.41, 5.74) is 25.2. The molecular formula is C66H96N6O16. The average molecular weight is 1230 g/mol. The third-order valence-corrected chi connectivity index (χ3v) is 16.5. The van der Waals surface area contributed by atoms with Gasteiger partial charge in [0.2, 0.25) is 23.1 Å². The Hall–Kier alpha value is -7.34. The molecule has 12 N–H and O–H groups in total. The molecule has 4 amide bonds. The molecule has 1 saturated carbocycles. The molecule has 2 unspecified atom stereocenters. The van der Waals surface area contributed by atoms with E-state index in [2.05, 4.69) is 31.1 Å². The SMILES string of the molecule is C=C1CCCC1C(C)CC.CO[C@H]1/C=C\C=C(/C)C(=O)NC2=CC(=O)C(N)=C(C[C@@H](C)C[C@H](OC)[C@H](O)[C@@H](C)/C=C(\C)[C@@H]1OC(N)=O)C2=O.CO[C@H]1/C=C\C=C(/C)C(=O)NC2=CC(=O)C(N)=C(C[C@@H](C)C[C@H](OC)[C@H](O)[C@@H](C)/C=C(\C)[C@@H]1OC(N)=O)C2=O. The van der Waals surface area contributed by atoms with Crippen LogP contribution in [-0.4, -0.2) is 135 Å². The summed E-state index contributed by atoms with van der Waals surface area (Å²) in [5, 5.41) is 27.2. The number of amides is 4. The maximum atomic E-state index is 13.2. The van der Waals surface area contributed by atoms with E-state index in [9.17, 15) is 48.6 Å². The van der Waals surface area contributed by atoms with Crippen molar-refractivity contribution in [2.75, 3.05) is 28.4 Å². The molecule has 22 nitrogen and oxygen atoms in total. The van der Waals surface area contributed by atoms with Gasteiger partial charge in [-0.15, -0.1) is 0 Å². The van der Waals surface area contributed by atoms with Gasteiger partial charge in [0, 0.05) is 74.7 Å². The lowest BCUT2D eigenvalue weighted by molar-refractivity contribution is -0.120. The number of hydrogen-bond donors (Lipinski definition) is 8. The smallest absolute Gasteiger partial charge is 0.405 e. The molecule has 0 saturated heterocycles. The number of ether oxygens (including phenoxy) is 6. The molecule has 5 rings (SSSR count). The molecular weight excluding hydrogens is 1130 g/mol. The van der Waals surface area contributed by atoms with Gasteiger partial charge < -0.3 is 72.2 Å². The van der Waals surface area contributed by atoms with Gasteiger partial charge in [-0.25, -0.2) is 9.59 Å². The van der Waals surface area contributed by atoms with E-state index >= 15 is 0 Å². The molecule has 0 aromatic carbocycles. The number of Topliss-reactive ketones (excluding diaryl/α,β-unsaturated/α-hetero) is 2. The molecule has 88 heavy (non-hydrogen) atoms. The van der Waals surface area contributed by atoms with Crippen LogP contribution in [0.5, 0.6) is 0 Å². The molecule has 14 atom stereocenters. The monoisotopic (exact) mass is 1230 g/mol. The average Bonchev–Trinajstić information content (AvgIpc) is 3.22. The number of aliphatic hydroxyl groups is 2. The van der Waals surface area contributed by atoms with Crippen molar-refractivity contribution < 1.29 is 77.0 Å². The zero-order valence-electron chi connectivity index (χ0n) is 53.6. The number of hydrogen-bond acceptors (Lipinski definition) is 18. The first-order chi connectivity index (χ1) is 41.3. The van der Waals surface area contributed by atoms with Crippen molar-refractivity contribution in [3.8, 4) is 0 Å². The molecule has 0 spiro atoms. The zero-order chi connectivity index (χ0) is 66.4. The molecule has 2 heterocycles. The molecule has 1 fully saturated rings. The fourth-order valence-electron chi connectivity index (χ4n) is 11.1. The number of methoxy groups -OCH3 is 4. The molecule has 3 aliphatic carbocycles. The molecule has 5 aliphatic rings. The lowest BCUT2D eigenvalue weighted by Crippen LogP contribution is -2.37. The van der Waals surface area contributed by atoms with E-state index in [0.717, 1.165) is 24.0 Å². The van der Waals surface area contributed by atoms with Gasteiger partial charge in [-0.2, -0.15) is 0 Å². The third-order valence-electron chi connectivity index (χ3n) is 16.5. The Bertz CT molecular complexity index is 2730. The van der Waals surface area contributed by atoms with Crippen molar-refractivity contribution >= 4 is 47.1 Å². The molecule has 0 aromatic heterocycles. The topological polar surface area (TPSA) is 361 Å². The van der Waals surface area contributed by atoms with Gasteiger partial charge >= 0.3 is 12.2 Å². The van der Waals surface area contributed by atoms with Crippen LogP contribution in [-0.2, 0) is 57.2 Å². The quantitative estimate of drug-likeness (QED) is 0.0911. The predicted molar refractivity (Wildman–Crippen MR) is 333 cm³/mol. The number of primary amides is 2. The molecule has 486 valence electrons. The van der Waals surface area contributed by atoms with Crippen molar-refractivity contribution in [1.82, 2.24) is 10.6 Å². The van der Waals surface area contributed by atoms with E-state index in [0.29, 0.717) is 24.0 Å². The number of aliphatic hydroxyl groups excluding tert-OH is 2. The number of nitrogens with one attached hydrogen (secondary N) is 2. The second-order valence-electron chi connectivity index (χ2n) is 23.5. The lowest BCUT2D eigenvalue weighted by Gasteiger charge is -2.29. The minimum Gasteiger partial charge on any atom is -0.439 e. The Labute approximate surface area is 518 Å². The summed E-state index contributed by atoms with van der Waals surface area (Å²) in [5.74, 6) is -3.01. The van der Waals surface area contributed by atoms with Crippen LogP contribution < -0.4 is 33.6 Å². The van der Waals surface area contributed by atoms with Crippen LogP contribution >= 0.6 is 0 Å². The maximum Gasteiger partial charge on any atom is 0.405 e. The highest BCUT2D eigenvalue weighted by Crippen LogP contribution is 2.36. The van der Waals surface area contributed by atoms with Gasteiger partial charge in [-0.05, 0) is 107 Å². The van der Waals surface area contributed by atoms with Gasteiger partial charge in [0.05, 0.1) is 47.2 Å². The van der Waals surface area contributed by atoms with E-state index in [4.69, 9.17) is 51.4 Å². The Morgan fingerprint density at radius 1 is 0.648 bits per heavy atom. The van der Waals surface area contributed by atoms with E-state index in [1.165, 1.54) is 97.8 Å². The van der Waals surface area contributed by atoms with Gasteiger partial charge in [0.25, 0.3) is 11.8 Å². The van der Waals surface area contributed by atoms with Crippen LogP contribution in [0.25, 0.3) is 0 Å². The Morgan fingerprint density at radius 3 is 1.33 bits per heavy atom. The summed E-state index contributed by atoms with van der Waals surface area (Å²) < 4.78 is 32.9. The molecule has 0 aromatic rings. The van der Waals surface area contributed by atoms with Gasteiger partial charge in [-0.3, -0.25) is 28.8 Å². The maximum absolute atomic E-state index is 13.2. The summed E-state index contributed by atoms with van der Waals surface area (Å²) in [7, 11) is 5.79. The van der Waals surface area contributed by atoms with Crippen molar-refractivity contribution in [3.63, 3.8) is 0 Å². The number of nitrogens with two attached hydrogens (primary N) is 4. The third kappa shape index (κ3) is 21.5. The largest absolute Gasteiger partial charge is 0.439 e. The number of carbonyl (C=O) groups is 8. The van der Waals surface area contributed by atoms with Crippen LogP contribution in [0.4, 0.5) is 9.59 Å². The van der Waals surface area contributed by atoms with Crippen molar-refractivity contribution in [3.05, 3.63) is 129 Å². The molecule has 2 aliphatic heterocycles. The summed E-state index contributed by atoms with van der Waals surface area (Å²) in [6, 6.07) is 0. The van der Waals surface area contributed by atoms with Crippen LogP contribution in [0.2, 0.25) is 0 Å². The van der Waals surface area contributed by atoms with Gasteiger partial charge in [-0.1, -0.05) is 109 Å². The van der Waals surface area contributed by atoms with Crippen LogP contribution in [0.1, 0.15) is 121 Å². The number of ketones is 4. The van der Waals surface area contributed by atoms with Crippen molar-refractivity contribution in [1.29, 1.82) is 0 Å². The Morgan fingerprint density at radius 2 is 1.02 bits per heavy atom. The first-order valence-electron chi connectivity index (χ1n) is 29.7. The number of allylic oxidation sites excluding steroid dienone is 9. The number of fused-ring (bicyclic) bond motifs is 4. The van der Waals surface area contributed by atoms with Crippen molar-refractivity contribution in [2.24, 2.45) is 58.4 Å². The van der Waals surface area contributed by atoms with Gasteiger partial charge in [0.1, 0.15) is 12.2 Å². The second kappa shape index (κ2) is 35.6. The minimum atomic E-state index is -1.00. The highest BCUT2D eigenvalue weighted by atomic mass is 16.6. The van der Waals surface area contributed by atoms with Gasteiger partial charge in [0.15, 0.2) is 12.2 Å². The molecule has 0 radical (unpaired) electrons. The predicted octanol–water partition coefficient (Wildman–Crippen LogP) is 6.83. The highest BCUT2D eigenvalue weighted by Gasteiger charge is 2.36. The summed E-state index contributed by atoms with van der Waals surface area (Å²) in [4.78, 5) is 100. The summed E-state index contributed by atoms with van der Waals surface area (Å²) in [6.45, 7) is 22.5. The summed E-state index contributed by atoms with van der Waals surface area (Å²) in [6.07, 6.45) is 12.5. The van der Waals surface area contributed by atoms with Crippen LogP contribution in [0, 0.1) is 35.5 Å². The first-order valence-corrected chi connectivity index (χ1v) is 29.7. The fourth-order valence-corrected chi connectivity index (χ4v) is 11.1. The number of rotatable bonds is 8. The number of carbonyl (C=O) groups excluding carboxylic acids is 8. The van der Waals surface area contributed by atoms with E-state index in [1.807, 2.05) is 13.8 Å². The Balaban J connectivity index is 0.000000396. The lowest BCUT2D eigenvalue weighted by atomic mass is 9.85. The standard InChI is InChI=1S/2C28H39N3O8.C10H18/c2*1-14-10-18-23(29)20(32)13-19(25(18)34)31-27(35)15(2)8-7-9-21(37-5)26(39-28(30)36)17(4)12-16(3)24(33)22(11-14)38-6;1-4-8(2)10-7-5-6-9(10)3/h2*7-9,12-14,16,21-22,24,26,33H,10-11,29H2,1-6H3,(H2,30,36)(H,31,35);8,10H,3-7H2,1-2H3/b2*9-7-,15-8+,17-12+;/t2*14-,16+,21+,22+,24-,26+;/m11./s1. The zero-order valence-corrected chi connectivity index (χ0v) is 53.6. The molecule has 4 bridgehead atoms. The van der Waals surface area contributed by atoms with E-state index < -0.39 is 108 Å². The first kappa shape index (κ1) is 74.9. The van der Waals surface area contributed by atoms with E-state index in [1.54, 1.807) is 52.0 Å². The van der Waals surface area contributed by atoms with E-state index in [-0.39, 0.29) is 69.8 Å². The van der Waals surface area contributed by atoms with Crippen LogP contribution in [0.3, 0.4) is 0 Å². The Kier molecular flexibility index (Phi) is 30.3. The molecule has 22 heteroatoms. The summed E-state index contributed by atoms with van der Waals surface area (Å²) >= 11 is 0. The second-order valence-corrected chi connectivity index (χ2v) is 23.5. The minimum absolute atomic E-state index is 0.104. The normalized spacial score (nSPS) is 32.8. The highest BCUT2D eigenvalue weighted by molar-refractivity contribution is 6.24. The van der Waals surface area contributed by atoms with Crippen LogP contribution in [0.15, 0.2) is 129 Å².